The molecule has 5 heteroatoms. The van der Waals surface area contributed by atoms with E-state index in [1.165, 1.54) is 30.8 Å². The summed E-state index contributed by atoms with van der Waals surface area (Å²) in [6.07, 6.45) is 3.94. The van der Waals surface area contributed by atoms with Crippen molar-refractivity contribution >= 4 is 22.4 Å². The van der Waals surface area contributed by atoms with E-state index >= 15 is 0 Å². The minimum absolute atomic E-state index is 0.121. The summed E-state index contributed by atoms with van der Waals surface area (Å²) >= 11 is 1.40. The molecule has 1 fully saturated rings. The van der Waals surface area contributed by atoms with Gasteiger partial charge in [-0.1, -0.05) is 13.3 Å². The topological polar surface area (TPSA) is 60.2 Å². The highest BCUT2D eigenvalue weighted by molar-refractivity contribution is 7.11. The maximum atomic E-state index is 5.83. The lowest BCUT2D eigenvalue weighted by molar-refractivity contribution is 0.245. The van der Waals surface area contributed by atoms with E-state index in [0.29, 0.717) is 17.8 Å². The maximum Gasteiger partial charge on any atom is 0.197 e. The number of rotatable bonds is 4. The standard InChI is InChI=1S/C12H21N3OS/c1-7(2)16-10-11(13)15-17-12(10)14-9-6-4-5-8(9)3/h7-9,14H,4-6H2,1-3H3,(H2,13,15). The zero-order valence-electron chi connectivity index (χ0n) is 10.7. The molecule has 3 N–H and O–H groups in total. The summed E-state index contributed by atoms with van der Waals surface area (Å²) in [5.41, 5.74) is 5.83. The lowest BCUT2D eigenvalue weighted by atomic mass is 10.1. The minimum Gasteiger partial charge on any atom is -0.484 e. The van der Waals surface area contributed by atoms with Crippen molar-refractivity contribution in [2.45, 2.75) is 52.2 Å². The Kier molecular flexibility index (Phi) is 3.76. The van der Waals surface area contributed by atoms with Gasteiger partial charge in [-0.15, -0.1) is 0 Å². The lowest BCUT2D eigenvalue weighted by Gasteiger charge is -2.19. The number of anilines is 2. The highest BCUT2D eigenvalue weighted by Crippen LogP contribution is 2.38. The van der Waals surface area contributed by atoms with Gasteiger partial charge in [-0.05, 0) is 44.1 Å². The Morgan fingerprint density at radius 3 is 2.82 bits per heavy atom. The fraction of sp³-hybridized carbons (Fsp3) is 0.750. The zero-order valence-corrected chi connectivity index (χ0v) is 11.5. The van der Waals surface area contributed by atoms with Gasteiger partial charge in [0.1, 0.15) is 0 Å². The van der Waals surface area contributed by atoms with Crippen LogP contribution in [0.3, 0.4) is 0 Å². The van der Waals surface area contributed by atoms with Crippen molar-refractivity contribution in [3.05, 3.63) is 0 Å². The van der Waals surface area contributed by atoms with Crippen LogP contribution in [-0.4, -0.2) is 16.5 Å². The first-order valence-corrected chi connectivity index (χ1v) is 7.03. The molecule has 2 atom stereocenters. The lowest BCUT2D eigenvalue weighted by Crippen LogP contribution is -2.21. The first-order chi connectivity index (χ1) is 8.08. The fourth-order valence-electron chi connectivity index (χ4n) is 2.26. The Morgan fingerprint density at radius 2 is 2.24 bits per heavy atom. The average molecular weight is 255 g/mol. The summed E-state index contributed by atoms with van der Waals surface area (Å²) in [5.74, 6) is 1.94. The van der Waals surface area contributed by atoms with Crippen LogP contribution in [0.4, 0.5) is 10.8 Å². The van der Waals surface area contributed by atoms with Crippen LogP contribution in [0.15, 0.2) is 0 Å². The summed E-state index contributed by atoms with van der Waals surface area (Å²) < 4.78 is 9.89. The molecular weight excluding hydrogens is 234 g/mol. The van der Waals surface area contributed by atoms with E-state index in [1.807, 2.05) is 13.8 Å². The van der Waals surface area contributed by atoms with E-state index in [9.17, 15) is 0 Å². The highest BCUT2D eigenvalue weighted by Gasteiger charge is 2.25. The number of nitrogens with two attached hydrogens (primary N) is 1. The van der Waals surface area contributed by atoms with Crippen LogP contribution in [0.1, 0.15) is 40.0 Å². The van der Waals surface area contributed by atoms with Crippen LogP contribution < -0.4 is 15.8 Å². The molecule has 4 nitrogen and oxygen atoms in total. The average Bonchev–Trinajstić information content (AvgIpc) is 2.79. The number of hydrogen-bond acceptors (Lipinski definition) is 5. The molecule has 0 amide bonds. The molecule has 1 heterocycles. The van der Waals surface area contributed by atoms with Crippen molar-refractivity contribution in [3.63, 3.8) is 0 Å². The van der Waals surface area contributed by atoms with E-state index in [-0.39, 0.29) is 6.10 Å². The van der Waals surface area contributed by atoms with Gasteiger partial charge in [0.05, 0.1) is 6.10 Å². The predicted molar refractivity (Wildman–Crippen MR) is 72.7 cm³/mol. The van der Waals surface area contributed by atoms with Gasteiger partial charge in [0.2, 0.25) is 0 Å². The van der Waals surface area contributed by atoms with Gasteiger partial charge in [-0.25, -0.2) is 0 Å². The van der Waals surface area contributed by atoms with Crippen molar-refractivity contribution in [3.8, 4) is 5.75 Å². The molecule has 0 radical (unpaired) electrons. The third-order valence-electron chi connectivity index (χ3n) is 3.21. The number of ether oxygens (including phenoxy) is 1. The molecule has 2 rings (SSSR count). The smallest absolute Gasteiger partial charge is 0.197 e. The first-order valence-electron chi connectivity index (χ1n) is 6.26. The van der Waals surface area contributed by atoms with Gasteiger partial charge in [0.25, 0.3) is 0 Å². The van der Waals surface area contributed by atoms with Crippen molar-refractivity contribution in [1.82, 2.24) is 4.37 Å². The molecular formula is C12H21N3OS. The van der Waals surface area contributed by atoms with Gasteiger partial charge < -0.3 is 15.8 Å². The van der Waals surface area contributed by atoms with Crippen molar-refractivity contribution in [1.29, 1.82) is 0 Å². The largest absolute Gasteiger partial charge is 0.484 e. The molecule has 1 aromatic rings. The van der Waals surface area contributed by atoms with E-state index in [2.05, 4.69) is 16.6 Å². The number of hydrogen-bond donors (Lipinski definition) is 2. The van der Waals surface area contributed by atoms with Crippen LogP contribution in [-0.2, 0) is 0 Å². The second kappa shape index (κ2) is 5.12. The van der Waals surface area contributed by atoms with Crippen molar-refractivity contribution < 1.29 is 4.74 Å². The van der Waals surface area contributed by atoms with E-state index in [4.69, 9.17) is 10.5 Å². The summed E-state index contributed by atoms with van der Waals surface area (Å²) in [7, 11) is 0. The Hall–Kier alpha value is -0.970. The van der Waals surface area contributed by atoms with E-state index in [1.54, 1.807) is 0 Å². The molecule has 2 unspecified atom stereocenters. The number of nitrogens with one attached hydrogen (secondary N) is 1. The maximum absolute atomic E-state index is 5.83. The van der Waals surface area contributed by atoms with Crippen LogP contribution in [0, 0.1) is 5.92 Å². The Balaban J connectivity index is 2.09. The second-order valence-electron chi connectivity index (χ2n) is 5.05. The second-order valence-corrected chi connectivity index (χ2v) is 5.83. The summed E-state index contributed by atoms with van der Waals surface area (Å²) in [4.78, 5) is 0. The third kappa shape index (κ3) is 2.83. The molecule has 1 saturated carbocycles. The summed E-state index contributed by atoms with van der Waals surface area (Å²) in [6, 6.07) is 0.532. The molecule has 1 aromatic heterocycles. The van der Waals surface area contributed by atoms with Crippen LogP contribution in [0.25, 0.3) is 0 Å². The van der Waals surface area contributed by atoms with Crippen LogP contribution in [0.5, 0.6) is 5.75 Å². The molecule has 96 valence electrons. The van der Waals surface area contributed by atoms with E-state index < -0.39 is 0 Å². The van der Waals surface area contributed by atoms with Crippen LogP contribution in [0.2, 0.25) is 0 Å². The predicted octanol–water partition coefficient (Wildman–Crippen LogP) is 3.11. The zero-order chi connectivity index (χ0) is 12.4. The first kappa shape index (κ1) is 12.5. The quantitative estimate of drug-likeness (QED) is 0.868. The van der Waals surface area contributed by atoms with Gasteiger partial charge in [-0.2, -0.15) is 4.37 Å². The molecule has 0 aliphatic heterocycles. The molecule has 0 bridgehead atoms. The fourth-order valence-corrected chi connectivity index (χ4v) is 2.98. The Bertz CT molecular complexity index is 378. The van der Waals surface area contributed by atoms with Gasteiger partial charge in [0, 0.05) is 6.04 Å². The molecule has 0 spiro atoms. The Labute approximate surface area is 107 Å². The number of aromatic nitrogens is 1. The molecule has 1 aliphatic carbocycles. The number of nitrogens with zero attached hydrogens (tertiary/aromatic N) is 1. The van der Waals surface area contributed by atoms with E-state index in [0.717, 1.165) is 10.8 Å². The molecule has 17 heavy (non-hydrogen) atoms. The highest BCUT2D eigenvalue weighted by atomic mass is 32.1. The molecule has 1 aliphatic rings. The summed E-state index contributed by atoms with van der Waals surface area (Å²) in [5, 5.41) is 4.52. The normalized spacial score (nSPS) is 24.2. The van der Waals surface area contributed by atoms with Gasteiger partial charge in [0.15, 0.2) is 16.6 Å². The monoisotopic (exact) mass is 255 g/mol. The summed E-state index contributed by atoms with van der Waals surface area (Å²) in [6.45, 7) is 6.29. The number of nitrogen functional groups attached to an aromatic ring is 1. The van der Waals surface area contributed by atoms with Gasteiger partial charge >= 0.3 is 0 Å². The SMILES string of the molecule is CC(C)Oc1c(N)nsc1NC1CCCC1C. The Morgan fingerprint density at radius 1 is 1.47 bits per heavy atom. The molecule has 0 saturated heterocycles. The molecule has 0 aromatic carbocycles. The third-order valence-corrected chi connectivity index (χ3v) is 3.98. The van der Waals surface area contributed by atoms with Crippen LogP contribution >= 0.6 is 11.5 Å². The van der Waals surface area contributed by atoms with Crippen molar-refractivity contribution in [2.24, 2.45) is 5.92 Å². The van der Waals surface area contributed by atoms with Crippen molar-refractivity contribution in [2.75, 3.05) is 11.1 Å². The minimum atomic E-state index is 0.121. The van der Waals surface area contributed by atoms with Gasteiger partial charge in [-0.3, -0.25) is 0 Å².